The van der Waals surface area contributed by atoms with Crippen LogP contribution in [0, 0.1) is 11.3 Å². The highest BCUT2D eigenvalue weighted by atomic mass is 16.5. The van der Waals surface area contributed by atoms with E-state index in [0.717, 1.165) is 6.42 Å². The molecule has 0 saturated heterocycles. The van der Waals surface area contributed by atoms with E-state index < -0.39 is 11.7 Å². The van der Waals surface area contributed by atoms with Crippen LogP contribution in [0.15, 0.2) is 0 Å². The highest BCUT2D eigenvalue weighted by Gasteiger charge is 2.53. The number of hydrogen-bond donors (Lipinski definition) is 2. The van der Waals surface area contributed by atoms with Crippen LogP contribution >= 0.6 is 0 Å². The molecule has 1 saturated carbocycles. The summed E-state index contributed by atoms with van der Waals surface area (Å²) in [5.41, 5.74) is -1.16. The molecule has 0 bridgehead atoms. The van der Waals surface area contributed by atoms with Gasteiger partial charge in [-0.2, -0.15) is 0 Å². The van der Waals surface area contributed by atoms with Crippen LogP contribution in [0.3, 0.4) is 0 Å². The lowest BCUT2D eigenvalue weighted by molar-refractivity contribution is -0.0743. The van der Waals surface area contributed by atoms with E-state index >= 15 is 0 Å². The Hall–Kier alpha value is -0.120. The van der Waals surface area contributed by atoms with E-state index in [2.05, 4.69) is 0 Å². The third kappa shape index (κ3) is 1.95. The second kappa shape index (κ2) is 3.80. The van der Waals surface area contributed by atoms with Gasteiger partial charge in [0.15, 0.2) is 0 Å². The minimum Gasteiger partial charge on any atom is -0.390 e. The topological polar surface area (TPSA) is 49.7 Å². The Balaban J connectivity index is 2.70. The molecule has 3 nitrogen and oxygen atoms in total. The van der Waals surface area contributed by atoms with Crippen molar-refractivity contribution in [1.82, 2.24) is 0 Å². The van der Waals surface area contributed by atoms with Gasteiger partial charge in [0.05, 0.1) is 11.7 Å². The van der Waals surface area contributed by atoms with Crippen molar-refractivity contribution in [2.24, 2.45) is 11.3 Å². The zero-order valence-electron chi connectivity index (χ0n) is 9.58. The van der Waals surface area contributed by atoms with Gasteiger partial charge in [-0.15, -0.1) is 0 Å². The molecule has 0 aromatic heterocycles. The molecule has 1 aliphatic carbocycles. The number of methoxy groups -OCH3 is 1. The van der Waals surface area contributed by atoms with Crippen molar-refractivity contribution in [2.75, 3.05) is 13.7 Å². The predicted octanol–water partition coefficient (Wildman–Crippen LogP) is 1.18. The van der Waals surface area contributed by atoms with Gasteiger partial charge in [0, 0.05) is 13.7 Å². The summed E-state index contributed by atoms with van der Waals surface area (Å²) in [5.74, 6) is 0.326. The minimum atomic E-state index is -0.943. The molecule has 1 aliphatic rings. The van der Waals surface area contributed by atoms with E-state index in [-0.39, 0.29) is 5.41 Å². The maximum atomic E-state index is 9.98. The number of ether oxygens (including phenoxy) is 1. The fraction of sp³-hybridized carbons (Fsp3) is 1.00. The Morgan fingerprint density at radius 1 is 1.36 bits per heavy atom. The van der Waals surface area contributed by atoms with E-state index in [1.54, 1.807) is 14.0 Å². The summed E-state index contributed by atoms with van der Waals surface area (Å²) < 4.78 is 5.04. The molecular weight excluding hydrogens is 180 g/mol. The first-order valence-corrected chi connectivity index (χ1v) is 5.21. The standard InChI is InChI=1S/C11H22O3/c1-10(2)8(5-6-14-4)7-11(3,13)9(10)12/h8-9,12-13H,5-7H2,1-4H3/t8-,9+,11-/m0/s1. The van der Waals surface area contributed by atoms with Crippen molar-refractivity contribution in [3.63, 3.8) is 0 Å². The first-order chi connectivity index (χ1) is 6.32. The predicted molar refractivity (Wildman–Crippen MR) is 55.0 cm³/mol. The summed E-state index contributed by atoms with van der Waals surface area (Å²) in [6, 6.07) is 0. The molecule has 3 atom stereocenters. The van der Waals surface area contributed by atoms with Crippen LogP contribution in [0.1, 0.15) is 33.6 Å². The van der Waals surface area contributed by atoms with Crippen LogP contribution in [0.25, 0.3) is 0 Å². The fourth-order valence-electron chi connectivity index (χ4n) is 2.63. The zero-order chi connectivity index (χ0) is 11.0. The van der Waals surface area contributed by atoms with Crippen molar-refractivity contribution in [3.05, 3.63) is 0 Å². The molecule has 1 fully saturated rings. The largest absolute Gasteiger partial charge is 0.390 e. The van der Waals surface area contributed by atoms with E-state index in [0.29, 0.717) is 18.9 Å². The molecule has 2 N–H and O–H groups in total. The van der Waals surface area contributed by atoms with Crippen LogP contribution in [-0.4, -0.2) is 35.6 Å². The SMILES string of the molecule is COCC[C@H]1C[C@](C)(O)[C@H](O)C1(C)C. The van der Waals surface area contributed by atoms with Crippen LogP contribution in [0.5, 0.6) is 0 Å². The maximum Gasteiger partial charge on any atom is 0.0885 e. The molecule has 0 heterocycles. The first kappa shape index (κ1) is 12.0. The van der Waals surface area contributed by atoms with Crippen LogP contribution in [-0.2, 0) is 4.74 Å². The van der Waals surface area contributed by atoms with Gasteiger partial charge in [-0.05, 0) is 31.1 Å². The minimum absolute atomic E-state index is 0.220. The van der Waals surface area contributed by atoms with E-state index in [1.165, 1.54) is 0 Å². The lowest BCUT2D eigenvalue weighted by Gasteiger charge is -2.31. The summed E-state index contributed by atoms with van der Waals surface area (Å²) in [5, 5.41) is 19.9. The van der Waals surface area contributed by atoms with Gasteiger partial charge >= 0.3 is 0 Å². The van der Waals surface area contributed by atoms with Crippen molar-refractivity contribution in [2.45, 2.75) is 45.3 Å². The monoisotopic (exact) mass is 202 g/mol. The quantitative estimate of drug-likeness (QED) is 0.722. The molecule has 1 rings (SSSR count). The van der Waals surface area contributed by atoms with Crippen LogP contribution < -0.4 is 0 Å². The average Bonchev–Trinajstić information content (AvgIpc) is 2.23. The highest BCUT2D eigenvalue weighted by molar-refractivity contribution is 5.04. The maximum absolute atomic E-state index is 9.98. The lowest BCUT2D eigenvalue weighted by atomic mass is 9.78. The normalized spacial score (nSPS) is 41.6. The van der Waals surface area contributed by atoms with Crippen molar-refractivity contribution in [1.29, 1.82) is 0 Å². The molecule has 0 aromatic carbocycles. The molecule has 0 amide bonds. The van der Waals surface area contributed by atoms with Gasteiger partial charge in [0.25, 0.3) is 0 Å². The Labute approximate surface area is 86.1 Å². The summed E-state index contributed by atoms with van der Waals surface area (Å²) in [4.78, 5) is 0. The number of rotatable bonds is 3. The molecule has 0 aromatic rings. The molecule has 0 aliphatic heterocycles. The Bertz CT molecular complexity index is 199. The second-order valence-electron chi connectivity index (χ2n) is 5.26. The van der Waals surface area contributed by atoms with E-state index in [4.69, 9.17) is 4.74 Å². The fourth-order valence-corrected chi connectivity index (χ4v) is 2.63. The summed E-state index contributed by atoms with van der Waals surface area (Å²) in [7, 11) is 1.68. The van der Waals surface area contributed by atoms with Crippen LogP contribution in [0.4, 0.5) is 0 Å². The number of aliphatic hydroxyl groups is 2. The van der Waals surface area contributed by atoms with E-state index in [9.17, 15) is 10.2 Å². The molecule has 0 unspecified atom stereocenters. The summed E-state index contributed by atoms with van der Waals surface area (Å²) in [6.07, 6.45) is 0.915. The zero-order valence-corrected chi connectivity index (χ0v) is 9.58. The van der Waals surface area contributed by atoms with Crippen molar-refractivity contribution in [3.8, 4) is 0 Å². The van der Waals surface area contributed by atoms with Gasteiger partial charge in [0.1, 0.15) is 0 Å². The molecule has 84 valence electrons. The third-order valence-corrected chi connectivity index (χ3v) is 3.68. The van der Waals surface area contributed by atoms with E-state index in [1.807, 2.05) is 13.8 Å². The Kier molecular flexibility index (Phi) is 3.24. The molecule has 0 radical (unpaired) electrons. The van der Waals surface area contributed by atoms with Gasteiger partial charge in [-0.25, -0.2) is 0 Å². The second-order valence-corrected chi connectivity index (χ2v) is 5.26. The average molecular weight is 202 g/mol. The first-order valence-electron chi connectivity index (χ1n) is 5.21. The van der Waals surface area contributed by atoms with Gasteiger partial charge in [-0.3, -0.25) is 0 Å². The van der Waals surface area contributed by atoms with Gasteiger partial charge in [-0.1, -0.05) is 13.8 Å². The van der Waals surface area contributed by atoms with Gasteiger partial charge < -0.3 is 14.9 Å². The van der Waals surface area contributed by atoms with Crippen molar-refractivity contribution < 1.29 is 14.9 Å². The Morgan fingerprint density at radius 2 is 1.93 bits per heavy atom. The summed E-state index contributed by atoms with van der Waals surface area (Å²) in [6.45, 7) is 6.43. The highest BCUT2D eigenvalue weighted by Crippen LogP contribution is 2.49. The number of aliphatic hydroxyl groups excluding tert-OH is 1. The van der Waals surface area contributed by atoms with Crippen molar-refractivity contribution >= 4 is 0 Å². The lowest BCUT2D eigenvalue weighted by Crippen LogP contribution is -2.41. The van der Waals surface area contributed by atoms with Gasteiger partial charge in [0.2, 0.25) is 0 Å². The molecule has 0 spiro atoms. The Morgan fingerprint density at radius 3 is 2.29 bits per heavy atom. The molecule has 3 heteroatoms. The molecular formula is C11H22O3. The molecule has 14 heavy (non-hydrogen) atoms. The number of hydrogen-bond acceptors (Lipinski definition) is 3. The van der Waals surface area contributed by atoms with Crippen LogP contribution in [0.2, 0.25) is 0 Å². The summed E-state index contributed by atoms with van der Waals surface area (Å²) >= 11 is 0. The third-order valence-electron chi connectivity index (χ3n) is 3.68. The smallest absolute Gasteiger partial charge is 0.0885 e.